The normalized spacial score (nSPS) is 10.2. The molecule has 0 saturated heterocycles. The third kappa shape index (κ3) is 4.10. The molecule has 0 aliphatic carbocycles. The van der Waals surface area contributed by atoms with E-state index in [-0.39, 0.29) is 23.8 Å². The summed E-state index contributed by atoms with van der Waals surface area (Å²) in [5.41, 5.74) is 2.91. The molecule has 0 bridgehead atoms. The van der Waals surface area contributed by atoms with Crippen LogP contribution >= 0.6 is 0 Å². The molecule has 0 fully saturated rings. The van der Waals surface area contributed by atoms with Crippen molar-refractivity contribution >= 4 is 17.5 Å². The van der Waals surface area contributed by atoms with E-state index >= 15 is 0 Å². The minimum Gasteiger partial charge on any atom is -0.507 e. The van der Waals surface area contributed by atoms with E-state index in [9.17, 15) is 14.7 Å². The number of anilines is 1. The highest BCUT2D eigenvalue weighted by Gasteiger charge is 2.18. The maximum absolute atomic E-state index is 12.3. The second kappa shape index (κ2) is 6.96. The molecule has 2 aromatic carbocycles. The summed E-state index contributed by atoms with van der Waals surface area (Å²) >= 11 is 0. The molecule has 0 aliphatic rings. The molecule has 0 heterocycles. The van der Waals surface area contributed by atoms with E-state index in [0.717, 1.165) is 16.8 Å². The van der Waals surface area contributed by atoms with Gasteiger partial charge in [-0.05, 0) is 43.2 Å². The number of amides is 2. The van der Waals surface area contributed by atoms with Crippen molar-refractivity contribution in [3.05, 3.63) is 59.2 Å². The molecular formula is C18H20N2O3. The lowest BCUT2D eigenvalue weighted by molar-refractivity contribution is -0.116. The predicted molar refractivity (Wildman–Crippen MR) is 89.6 cm³/mol. The minimum atomic E-state index is -0.404. The van der Waals surface area contributed by atoms with E-state index in [1.165, 1.54) is 24.1 Å². The van der Waals surface area contributed by atoms with Gasteiger partial charge in [0, 0.05) is 12.7 Å². The van der Waals surface area contributed by atoms with E-state index in [1.54, 1.807) is 12.1 Å². The van der Waals surface area contributed by atoms with Crippen molar-refractivity contribution in [2.45, 2.75) is 13.8 Å². The third-order valence-electron chi connectivity index (χ3n) is 3.53. The van der Waals surface area contributed by atoms with Gasteiger partial charge in [-0.3, -0.25) is 9.59 Å². The number of aryl methyl sites for hydroxylation is 2. The lowest BCUT2D eigenvalue weighted by Gasteiger charge is -2.18. The number of aromatic hydroxyl groups is 1. The molecule has 2 rings (SSSR count). The van der Waals surface area contributed by atoms with Crippen molar-refractivity contribution in [3.8, 4) is 5.75 Å². The van der Waals surface area contributed by atoms with Gasteiger partial charge < -0.3 is 15.3 Å². The number of para-hydroxylation sites is 1. The van der Waals surface area contributed by atoms with Crippen LogP contribution in [0.4, 0.5) is 5.69 Å². The molecule has 0 aromatic heterocycles. The second-order valence-electron chi connectivity index (χ2n) is 5.54. The zero-order chi connectivity index (χ0) is 17.0. The first-order chi connectivity index (χ1) is 10.9. The van der Waals surface area contributed by atoms with Crippen molar-refractivity contribution < 1.29 is 14.7 Å². The van der Waals surface area contributed by atoms with Gasteiger partial charge in [-0.1, -0.05) is 24.3 Å². The number of likely N-dealkylation sites (N-methyl/N-ethyl adjacent to an activating group) is 1. The van der Waals surface area contributed by atoms with Gasteiger partial charge in [0.1, 0.15) is 5.75 Å². The Morgan fingerprint density at radius 3 is 2.52 bits per heavy atom. The molecule has 0 aliphatic heterocycles. The van der Waals surface area contributed by atoms with Gasteiger partial charge in [0.2, 0.25) is 5.91 Å². The summed E-state index contributed by atoms with van der Waals surface area (Å²) in [6.45, 7) is 3.76. The molecule has 0 saturated carbocycles. The van der Waals surface area contributed by atoms with Crippen molar-refractivity contribution in [3.63, 3.8) is 0 Å². The van der Waals surface area contributed by atoms with Crippen LogP contribution in [0.5, 0.6) is 5.75 Å². The van der Waals surface area contributed by atoms with Crippen LogP contribution in [-0.2, 0) is 4.79 Å². The molecule has 2 aromatic rings. The maximum Gasteiger partial charge on any atom is 0.257 e. The Kier molecular flexibility index (Phi) is 5.01. The molecule has 2 amide bonds. The molecule has 120 valence electrons. The van der Waals surface area contributed by atoms with Gasteiger partial charge >= 0.3 is 0 Å². The molecule has 0 unspecified atom stereocenters. The number of carbonyl (C=O) groups excluding carboxylic acids is 2. The SMILES string of the molecule is Cc1ccc(C)c(NC(=O)CN(C)C(=O)c2ccccc2O)c1. The highest BCUT2D eigenvalue weighted by atomic mass is 16.3. The average molecular weight is 312 g/mol. The first-order valence-corrected chi connectivity index (χ1v) is 7.29. The van der Waals surface area contributed by atoms with Gasteiger partial charge in [-0.25, -0.2) is 0 Å². The zero-order valence-corrected chi connectivity index (χ0v) is 13.5. The molecular weight excluding hydrogens is 292 g/mol. The summed E-state index contributed by atoms with van der Waals surface area (Å²) in [6, 6.07) is 12.1. The molecule has 0 radical (unpaired) electrons. The number of phenols is 1. The summed E-state index contributed by atoms with van der Waals surface area (Å²) in [4.78, 5) is 25.7. The molecule has 2 N–H and O–H groups in total. The van der Waals surface area contributed by atoms with Crippen LogP contribution in [0.15, 0.2) is 42.5 Å². The summed E-state index contributed by atoms with van der Waals surface area (Å²) in [5, 5.41) is 12.5. The highest BCUT2D eigenvalue weighted by molar-refractivity contribution is 6.00. The zero-order valence-electron chi connectivity index (χ0n) is 13.5. The first kappa shape index (κ1) is 16.5. The second-order valence-corrected chi connectivity index (χ2v) is 5.54. The summed E-state index contributed by atoms with van der Waals surface area (Å²) in [7, 11) is 1.53. The van der Waals surface area contributed by atoms with Gasteiger partial charge in [0.05, 0.1) is 12.1 Å². The largest absolute Gasteiger partial charge is 0.507 e. The van der Waals surface area contributed by atoms with Crippen molar-refractivity contribution in [2.75, 3.05) is 18.9 Å². The summed E-state index contributed by atoms with van der Waals surface area (Å²) in [6.07, 6.45) is 0. The Hall–Kier alpha value is -2.82. The van der Waals surface area contributed by atoms with Gasteiger partial charge in [-0.2, -0.15) is 0 Å². The number of nitrogens with zero attached hydrogens (tertiary/aromatic N) is 1. The van der Waals surface area contributed by atoms with Crippen LogP contribution in [0.1, 0.15) is 21.5 Å². The van der Waals surface area contributed by atoms with Crippen molar-refractivity contribution in [2.24, 2.45) is 0 Å². The lowest BCUT2D eigenvalue weighted by Crippen LogP contribution is -2.35. The Balaban J connectivity index is 2.04. The van der Waals surface area contributed by atoms with E-state index in [4.69, 9.17) is 0 Å². The van der Waals surface area contributed by atoms with Crippen molar-refractivity contribution in [1.82, 2.24) is 4.90 Å². The fourth-order valence-corrected chi connectivity index (χ4v) is 2.21. The molecule has 23 heavy (non-hydrogen) atoms. The summed E-state index contributed by atoms with van der Waals surface area (Å²) in [5.74, 6) is -0.788. The van der Waals surface area contributed by atoms with Crippen LogP contribution < -0.4 is 5.32 Å². The Labute approximate surface area is 135 Å². The monoisotopic (exact) mass is 312 g/mol. The fraction of sp³-hybridized carbons (Fsp3) is 0.222. The first-order valence-electron chi connectivity index (χ1n) is 7.29. The lowest BCUT2D eigenvalue weighted by atomic mass is 10.1. The van der Waals surface area contributed by atoms with Gasteiger partial charge in [0.25, 0.3) is 5.91 Å². The number of nitrogens with one attached hydrogen (secondary N) is 1. The predicted octanol–water partition coefficient (Wildman–Crippen LogP) is 2.72. The number of phenolic OH excluding ortho intramolecular Hbond substituents is 1. The third-order valence-corrected chi connectivity index (χ3v) is 3.53. The van der Waals surface area contributed by atoms with Crippen LogP contribution in [-0.4, -0.2) is 35.4 Å². The minimum absolute atomic E-state index is 0.0967. The molecule has 0 spiro atoms. The smallest absolute Gasteiger partial charge is 0.257 e. The quantitative estimate of drug-likeness (QED) is 0.912. The van der Waals surface area contributed by atoms with E-state index in [0.29, 0.717) is 0 Å². The number of hydrogen-bond donors (Lipinski definition) is 2. The number of hydrogen-bond acceptors (Lipinski definition) is 3. The van der Waals surface area contributed by atoms with Crippen molar-refractivity contribution in [1.29, 1.82) is 0 Å². The average Bonchev–Trinajstić information content (AvgIpc) is 2.50. The van der Waals surface area contributed by atoms with Crippen LogP contribution in [0.3, 0.4) is 0 Å². The van der Waals surface area contributed by atoms with Gasteiger partial charge in [-0.15, -0.1) is 0 Å². The number of benzene rings is 2. The fourth-order valence-electron chi connectivity index (χ4n) is 2.21. The Morgan fingerprint density at radius 1 is 1.13 bits per heavy atom. The summed E-state index contributed by atoms with van der Waals surface area (Å²) < 4.78 is 0. The van der Waals surface area contributed by atoms with Crippen LogP contribution in [0, 0.1) is 13.8 Å². The van der Waals surface area contributed by atoms with Crippen LogP contribution in [0.25, 0.3) is 0 Å². The Bertz CT molecular complexity index is 741. The van der Waals surface area contributed by atoms with E-state index in [2.05, 4.69) is 5.32 Å². The molecule has 5 nitrogen and oxygen atoms in total. The molecule has 0 atom stereocenters. The van der Waals surface area contributed by atoms with E-state index in [1.807, 2.05) is 32.0 Å². The standard InChI is InChI=1S/C18H20N2O3/c1-12-8-9-13(2)15(10-12)19-17(22)11-20(3)18(23)14-6-4-5-7-16(14)21/h4-10,21H,11H2,1-3H3,(H,19,22). The topological polar surface area (TPSA) is 69.6 Å². The van der Waals surface area contributed by atoms with E-state index < -0.39 is 5.91 Å². The maximum atomic E-state index is 12.3. The number of rotatable bonds is 4. The van der Waals surface area contributed by atoms with Crippen LogP contribution in [0.2, 0.25) is 0 Å². The molecule has 5 heteroatoms. The van der Waals surface area contributed by atoms with Gasteiger partial charge in [0.15, 0.2) is 0 Å². The Morgan fingerprint density at radius 2 is 1.83 bits per heavy atom. The number of carbonyl (C=O) groups is 2. The highest BCUT2D eigenvalue weighted by Crippen LogP contribution is 2.18.